The van der Waals surface area contributed by atoms with Crippen molar-refractivity contribution < 1.29 is 9.63 Å². The van der Waals surface area contributed by atoms with Crippen molar-refractivity contribution in [1.29, 1.82) is 0 Å². The van der Waals surface area contributed by atoms with E-state index in [0.29, 0.717) is 12.2 Å². The lowest BCUT2D eigenvalue weighted by Crippen LogP contribution is -2.20. The van der Waals surface area contributed by atoms with Crippen LogP contribution in [0.3, 0.4) is 0 Å². The van der Waals surface area contributed by atoms with E-state index in [1.54, 1.807) is 0 Å². The molecule has 2 rings (SSSR count). The number of carbonyl (C=O) groups is 1. The third-order valence-corrected chi connectivity index (χ3v) is 2.18. The van der Waals surface area contributed by atoms with Gasteiger partial charge in [0.1, 0.15) is 11.9 Å². The Kier molecular flexibility index (Phi) is 1.07. The van der Waals surface area contributed by atoms with Crippen LogP contribution in [0.4, 0.5) is 0 Å². The lowest BCUT2D eigenvalue weighted by Gasteiger charge is -2.03. The Morgan fingerprint density at radius 3 is 3.20 bits per heavy atom. The second-order valence-corrected chi connectivity index (χ2v) is 2.86. The molecule has 1 aliphatic heterocycles. The van der Waals surface area contributed by atoms with Crippen molar-refractivity contribution in [2.45, 2.75) is 25.9 Å². The smallest absolute Gasteiger partial charge is 0.145 e. The van der Waals surface area contributed by atoms with E-state index < -0.39 is 0 Å². The second-order valence-electron chi connectivity index (χ2n) is 2.86. The summed E-state index contributed by atoms with van der Waals surface area (Å²) in [6.45, 7) is 1.86. The standard InChI is InChI=1S/C7H9NO2/c1-4-7-5(9)2-3-6(7)10-8-4/h6-7H,2-3H2,1H3/t6-,7+/m1/s1. The van der Waals surface area contributed by atoms with E-state index in [9.17, 15) is 4.79 Å². The Hall–Kier alpha value is -0.860. The molecule has 1 saturated carbocycles. The van der Waals surface area contributed by atoms with E-state index in [2.05, 4.69) is 5.16 Å². The molecule has 0 saturated heterocycles. The van der Waals surface area contributed by atoms with Gasteiger partial charge in [-0.3, -0.25) is 4.79 Å². The largest absolute Gasteiger partial charge is 0.391 e. The fraction of sp³-hybridized carbons (Fsp3) is 0.714. The maximum atomic E-state index is 11.1. The first kappa shape index (κ1) is 5.89. The van der Waals surface area contributed by atoms with Crippen LogP contribution in [0.25, 0.3) is 0 Å². The first-order valence-electron chi connectivity index (χ1n) is 3.52. The van der Waals surface area contributed by atoms with Crippen LogP contribution in [0.2, 0.25) is 0 Å². The SMILES string of the molecule is CC1=NO[C@@H]2CCC(=O)[C@H]12. The Balaban J connectivity index is 2.27. The summed E-state index contributed by atoms with van der Waals surface area (Å²) < 4.78 is 0. The van der Waals surface area contributed by atoms with E-state index >= 15 is 0 Å². The van der Waals surface area contributed by atoms with Gasteiger partial charge in [-0.1, -0.05) is 5.16 Å². The highest BCUT2D eigenvalue weighted by Gasteiger charge is 2.42. The average molecular weight is 139 g/mol. The van der Waals surface area contributed by atoms with Crippen LogP contribution in [-0.4, -0.2) is 17.6 Å². The molecule has 0 unspecified atom stereocenters. The molecule has 3 nitrogen and oxygen atoms in total. The molecule has 0 aromatic carbocycles. The molecule has 3 heteroatoms. The monoisotopic (exact) mass is 139 g/mol. The molecule has 0 bridgehead atoms. The third-order valence-electron chi connectivity index (χ3n) is 2.18. The van der Waals surface area contributed by atoms with Gasteiger partial charge in [-0.2, -0.15) is 0 Å². The van der Waals surface area contributed by atoms with Gasteiger partial charge in [0.25, 0.3) is 0 Å². The molecule has 1 aliphatic carbocycles. The molecule has 0 radical (unpaired) electrons. The fourth-order valence-corrected chi connectivity index (χ4v) is 1.64. The number of hydrogen-bond donors (Lipinski definition) is 0. The third kappa shape index (κ3) is 0.602. The Morgan fingerprint density at radius 2 is 2.50 bits per heavy atom. The number of carbonyl (C=O) groups excluding carboxylic acids is 1. The van der Waals surface area contributed by atoms with Crippen LogP contribution < -0.4 is 0 Å². The van der Waals surface area contributed by atoms with Crippen LogP contribution in [0.1, 0.15) is 19.8 Å². The van der Waals surface area contributed by atoms with Gasteiger partial charge >= 0.3 is 0 Å². The average Bonchev–Trinajstić information content (AvgIpc) is 2.40. The van der Waals surface area contributed by atoms with Crippen molar-refractivity contribution in [3.63, 3.8) is 0 Å². The summed E-state index contributed by atoms with van der Waals surface area (Å²) >= 11 is 0. The minimum atomic E-state index is -0.000000000000000222. The first-order valence-corrected chi connectivity index (χ1v) is 3.52. The number of ketones is 1. The van der Waals surface area contributed by atoms with Crippen LogP contribution in [0.15, 0.2) is 5.16 Å². The molecular formula is C7H9NO2. The zero-order valence-corrected chi connectivity index (χ0v) is 5.83. The van der Waals surface area contributed by atoms with Gasteiger partial charge < -0.3 is 4.84 Å². The number of nitrogens with zero attached hydrogens (tertiary/aromatic N) is 1. The fourth-order valence-electron chi connectivity index (χ4n) is 1.64. The van der Waals surface area contributed by atoms with Gasteiger partial charge in [0.05, 0.1) is 11.6 Å². The van der Waals surface area contributed by atoms with E-state index in [0.717, 1.165) is 12.1 Å². The van der Waals surface area contributed by atoms with Crippen LogP contribution in [-0.2, 0) is 9.63 Å². The number of oxime groups is 1. The minimum Gasteiger partial charge on any atom is -0.391 e. The molecular weight excluding hydrogens is 130 g/mol. The van der Waals surface area contributed by atoms with E-state index in [1.165, 1.54) is 0 Å². The van der Waals surface area contributed by atoms with Gasteiger partial charge in [-0.25, -0.2) is 0 Å². The number of rotatable bonds is 0. The summed E-state index contributed by atoms with van der Waals surface area (Å²) in [5, 5.41) is 3.77. The van der Waals surface area contributed by atoms with Crippen molar-refractivity contribution >= 4 is 11.5 Å². The number of fused-ring (bicyclic) bond motifs is 1. The highest BCUT2D eigenvalue weighted by atomic mass is 16.6. The van der Waals surface area contributed by atoms with Gasteiger partial charge in [0, 0.05) is 6.42 Å². The molecule has 54 valence electrons. The molecule has 0 aromatic rings. The molecule has 0 amide bonds. The molecule has 0 N–H and O–H groups in total. The summed E-state index contributed by atoms with van der Waals surface area (Å²) in [4.78, 5) is 16.1. The molecule has 2 atom stereocenters. The van der Waals surface area contributed by atoms with Gasteiger partial charge in [0.15, 0.2) is 0 Å². The summed E-state index contributed by atoms with van der Waals surface area (Å²) in [7, 11) is 0. The second kappa shape index (κ2) is 1.81. The van der Waals surface area contributed by atoms with Crippen molar-refractivity contribution in [3.8, 4) is 0 Å². The first-order chi connectivity index (χ1) is 4.79. The quantitative estimate of drug-likeness (QED) is 0.496. The summed E-state index contributed by atoms with van der Waals surface area (Å²) in [6.07, 6.45) is 1.60. The predicted octanol–water partition coefficient (Wildman–Crippen LogP) is 0.740. The summed E-state index contributed by atoms with van der Waals surface area (Å²) in [5.41, 5.74) is 0.854. The Morgan fingerprint density at radius 1 is 1.70 bits per heavy atom. The number of hydrogen-bond acceptors (Lipinski definition) is 3. The summed E-state index contributed by atoms with van der Waals surface area (Å²) in [5.74, 6) is 0.295. The van der Waals surface area contributed by atoms with Crippen LogP contribution >= 0.6 is 0 Å². The topological polar surface area (TPSA) is 38.7 Å². The Bertz CT molecular complexity index is 210. The van der Waals surface area contributed by atoms with Crippen molar-refractivity contribution in [3.05, 3.63) is 0 Å². The zero-order valence-electron chi connectivity index (χ0n) is 5.83. The van der Waals surface area contributed by atoms with Gasteiger partial charge in [-0.15, -0.1) is 0 Å². The van der Waals surface area contributed by atoms with E-state index in [4.69, 9.17) is 4.84 Å². The highest BCUT2D eigenvalue weighted by molar-refractivity contribution is 6.06. The van der Waals surface area contributed by atoms with E-state index in [-0.39, 0.29) is 12.0 Å². The minimum absolute atomic E-state index is 0.000000000000000222. The van der Waals surface area contributed by atoms with Crippen LogP contribution in [0.5, 0.6) is 0 Å². The van der Waals surface area contributed by atoms with Crippen molar-refractivity contribution in [1.82, 2.24) is 0 Å². The van der Waals surface area contributed by atoms with Crippen LogP contribution in [0, 0.1) is 5.92 Å². The lowest BCUT2D eigenvalue weighted by atomic mass is 10.0. The summed E-state index contributed by atoms with van der Waals surface area (Å²) in [6, 6.07) is 0. The normalized spacial score (nSPS) is 37.3. The lowest BCUT2D eigenvalue weighted by molar-refractivity contribution is -0.119. The van der Waals surface area contributed by atoms with Gasteiger partial charge in [-0.05, 0) is 13.3 Å². The predicted molar refractivity (Wildman–Crippen MR) is 35.7 cm³/mol. The van der Waals surface area contributed by atoms with Crippen molar-refractivity contribution in [2.75, 3.05) is 0 Å². The maximum absolute atomic E-state index is 11.1. The molecule has 0 spiro atoms. The van der Waals surface area contributed by atoms with E-state index in [1.807, 2.05) is 6.92 Å². The molecule has 0 aromatic heterocycles. The highest BCUT2D eigenvalue weighted by Crippen LogP contribution is 2.30. The van der Waals surface area contributed by atoms with Crippen molar-refractivity contribution in [2.24, 2.45) is 11.1 Å². The molecule has 10 heavy (non-hydrogen) atoms. The van der Waals surface area contributed by atoms with Gasteiger partial charge in [0.2, 0.25) is 0 Å². The zero-order chi connectivity index (χ0) is 7.14. The molecule has 1 fully saturated rings. The Labute approximate surface area is 59.0 Å². The molecule has 1 heterocycles. The maximum Gasteiger partial charge on any atom is 0.145 e. The number of Topliss-reactive ketones (excluding diaryl/α,β-unsaturated/α-hetero) is 1. The molecule has 2 aliphatic rings.